The Bertz CT molecular complexity index is 111. The fraction of sp³-hybridized carbons (Fsp3) is 1.00. The van der Waals surface area contributed by atoms with Gasteiger partial charge in [0.05, 0.1) is 6.10 Å². The second-order valence-corrected chi connectivity index (χ2v) is 3.98. The average molecular weight is 156 g/mol. The van der Waals surface area contributed by atoms with Gasteiger partial charge in [-0.25, -0.2) is 0 Å². The first-order chi connectivity index (χ1) is 5.24. The van der Waals surface area contributed by atoms with Gasteiger partial charge in [-0.15, -0.1) is 0 Å². The molecular weight excluding hydrogens is 136 g/mol. The zero-order valence-electron chi connectivity index (χ0n) is 7.97. The van der Waals surface area contributed by atoms with Gasteiger partial charge in [-0.2, -0.15) is 0 Å². The van der Waals surface area contributed by atoms with E-state index in [2.05, 4.69) is 20.8 Å². The van der Waals surface area contributed by atoms with Crippen molar-refractivity contribution in [3.8, 4) is 0 Å². The predicted molar refractivity (Wildman–Crippen MR) is 47.6 cm³/mol. The molecule has 1 aliphatic rings. The molecular formula is C10H20O. The molecule has 1 aliphatic heterocycles. The van der Waals surface area contributed by atoms with E-state index in [1.807, 2.05) is 0 Å². The fourth-order valence-electron chi connectivity index (χ4n) is 1.96. The van der Waals surface area contributed by atoms with E-state index in [0.29, 0.717) is 6.10 Å². The monoisotopic (exact) mass is 156 g/mol. The standard InChI is InChI=1S/C10H20O/c1-4-5-10-9(3)6-8(2)7-11-10/h8-10H,4-7H2,1-3H3. The molecule has 0 aromatic carbocycles. The van der Waals surface area contributed by atoms with Crippen LogP contribution in [-0.4, -0.2) is 12.7 Å². The maximum absolute atomic E-state index is 5.74. The van der Waals surface area contributed by atoms with Crippen LogP contribution in [0.4, 0.5) is 0 Å². The van der Waals surface area contributed by atoms with Crippen molar-refractivity contribution < 1.29 is 4.74 Å². The molecule has 1 rings (SSSR count). The maximum Gasteiger partial charge on any atom is 0.0600 e. The Morgan fingerprint density at radius 1 is 1.36 bits per heavy atom. The molecule has 0 radical (unpaired) electrons. The first-order valence-electron chi connectivity index (χ1n) is 4.85. The highest BCUT2D eigenvalue weighted by atomic mass is 16.5. The van der Waals surface area contributed by atoms with Crippen LogP contribution in [0.3, 0.4) is 0 Å². The van der Waals surface area contributed by atoms with E-state index in [-0.39, 0.29) is 0 Å². The number of rotatable bonds is 2. The second-order valence-electron chi connectivity index (χ2n) is 3.98. The normalized spacial score (nSPS) is 39.0. The van der Waals surface area contributed by atoms with E-state index < -0.39 is 0 Å². The Morgan fingerprint density at radius 3 is 2.64 bits per heavy atom. The third kappa shape index (κ3) is 2.48. The minimum absolute atomic E-state index is 0.552. The number of hydrogen-bond acceptors (Lipinski definition) is 1. The average Bonchev–Trinajstić information content (AvgIpc) is 1.95. The van der Waals surface area contributed by atoms with Crippen LogP contribution in [0.2, 0.25) is 0 Å². The zero-order valence-corrected chi connectivity index (χ0v) is 7.97. The largest absolute Gasteiger partial charge is 0.378 e. The van der Waals surface area contributed by atoms with Gasteiger partial charge in [0.1, 0.15) is 0 Å². The Morgan fingerprint density at radius 2 is 2.09 bits per heavy atom. The summed E-state index contributed by atoms with van der Waals surface area (Å²) in [5.41, 5.74) is 0. The number of ether oxygens (including phenoxy) is 1. The highest BCUT2D eigenvalue weighted by molar-refractivity contribution is 4.73. The molecule has 0 bridgehead atoms. The van der Waals surface area contributed by atoms with Gasteiger partial charge in [-0.05, 0) is 24.7 Å². The lowest BCUT2D eigenvalue weighted by atomic mass is 9.88. The molecule has 1 fully saturated rings. The van der Waals surface area contributed by atoms with Gasteiger partial charge in [0.25, 0.3) is 0 Å². The highest BCUT2D eigenvalue weighted by Crippen LogP contribution is 2.26. The van der Waals surface area contributed by atoms with Gasteiger partial charge in [-0.1, -0.05) is 27.2 Å². The van der Waals surface area contributed by atoms with Crippen molar-refractivity contribution in [1.82, 2.24) is 0 Å². The van der Waals surface area contributed by atoms with Gasteiger partial charge >= 0.3 is 0 Å². The van der Waals surface area contributed by atoms with Crippen LogP contribution in [0.25, 0.3) is 0 Å². The molecule has 0 amide bonds. The molecule has 3 atom stereocenters. The molecule has 1 heterocycles. The van der Waals surface area contributed by atoms with Crippen molar-refractivity contribution in [2.75, 3.05) is 6.61 Å². The van der Waals surface area contributed by atoms with Crippen molar-refractivity contribution >= 4 is 0 Å². The smallest absolute Gasteiger partial charge is 0.0600 e. The molecule has 0 aromatic heterocycles. The first-order valence-corrected chi connectivity index (χ1v) is 4.85. The Hall–Kier alpha value is -0.0400. The van der Waals surface area contributed by atoms with E-state index in [0.717, 1.165) is 18.4 Å². The molecule has 1 nitrogen and oxygen atoms in total. The van der Waals surface area contributed by atoms with E-state index in [9.17, 15) is 0 Å². The molecule has 0 saturated carbocycles. The fourth-order valence-corrected chi connectivity index (χ4v) is 1.96. The molecule has 0 N–H and O–H groups in total. The Balaban J connectivity index is 2.31. The van der Waals surface area contributed by atoms with Crippen LogP contribution < -0.4 is 0 Å². The summed E-state index contributed by atoms with van der Waals surface area (Å²) < 4.78 is 5.74. The molecule has 0 aromatic rings. The van der Waals surface area contributed by atoms with Crippen LogP contribution in [0.1, 0.15) is 40.0 Å². The molecule has 11 heavy (non-hydrogen) atoms. The minimum Gasteiger partial charge on any atom is -0.378 e. The van der Waals surface area contributed by atoms with Gasteiger partial charge < -0.3 is 4.74 Å². The van der Waals surface area contributed by atoms with E-state index in [1.54, 1.807) is 0 Å². The van der Waals surface area contributed by atoms with Gasteiger partial charge in [0, 0.05) is 6.61 Å². The van der Waals surface area contributed by atoms with Crippen molar-refractivity contribution in [1.29, 1.82) is 0 Å². The van der Waals surface area contributed by atoms with Crippen LogP contribution in [0.15, 0.2) is 0 Å². The molecule has 66 valence electrons. The lowest BCUT2D eigenvalue weighted by molar-refractivity contribution is -0.0501. The van der Waals surface area contributed by atoms with Crippen LogP contribution in [-0.2, 0) is 4.74 Å². The lowest BCUT2D eigenvalue weighted by Gasteiger charge is -2.32. The first kappa shape index (κ1) is 9.05. The summed E-state index contributed by atoms with van der Waals surface area (Å²) >= 11 is 0. The summed E-state index contributed by atoms with van der Waals surface area (Å²) in [5, 5.41) is 0. The van der Waals surface area contributed by atoms with Crippen molar-refractivity contribution in [2.45, 2.75) is 46.1 Å². The van der Waals surface area contributed by atoms with Crippen LogP contribution >= 0.6 is 0 Å². The van der Waals surface area contributed by atoms with Crippen LogP contribution in [0, 0.1) is 11.8 Å². The van der Waals surface area contributed by atoms with E-state index in [4.69, 9.17) is 4.74 Å². The van der Waals surface area contributed by atoms with E-state index in [1.165, 1.54) is 19.3 Å². The summed E-state index contributed by atoms with van der Waals surface area (Å²) in [5.74, 6) is 1.55. The summed E-state index contributed by atoms with van der Waals surface area (Å²) in [6, 6.07) is 0. The second kappa shape index (κ2) is 4.10. The van der Waals surface area contributed by atoms with E-state index >= 15 is 0 Å². The third-order valence-electron chi connectivity index (χ3n) is 2.58. The summed E-state index contributed by atoms with van der Waals surface area (Å²) in [4.78, 5) is 0. The Kier molecular flexibility index (Phi) is 3.38. The quantitative estimate of drug-likeness (QED) is 0.597. The maximum atomic E-state index is 5.74. The molecule has 1 heteroatoms. The van der Waals surface area contributed by atoms with Gasteiger partial charge in [0.15, 0.2) is 0 Å². The topological polar surface area (TPSA) is 9.23 Å². The number of hydrogen-bond donors (Lipinski definition) is 0. The van der Waals surface area contributed by atoms with Gasteiger partial charge in [-0.3, -0.25) is 0 Å². The van der Waals surface area contributed by atoms with Crippen LogP contribution in [0.5, 0.6) is 0 Å². The SMILES string of the molecule is CCCC1OCC(C)CC1C. The summed E-state index contributed by atoms with van der Waals surface area (Å²) in [6.07, 6.45) is 4.40. The summed E-state index contributed by atoms with van der Waals surface area (Å²) in [7, 11) is 0. The highest BCUT2D eigenvalue weighted by Gasteiger charge is 2.24. The zero-order chi connectivity index (χ0) is 8.27. The Labute approximate surface area is 70.1 Å². The van der Waals surface area contributed by atoms with Crippen molar-refractivity contribution in [2.24, 2.45) is 11.8 Å². The lowest BCUT2D eigenvalue weighted by Crippen LogP contribution is -2.31. The van der Waals surface area contributed by atoms with Crippen molar-refractivity contribution in [3.63, 3.8) is 0 Å². The van der Waals surface area contributed by atoms with Crippen molar-refractivity contribution in [3.05, 3.63) is 0 Å². The molecule has 3 unspecified atom stereocenters. The molecule has 0 aliphatic carbocycles. The third-order valence-corrected chi connectivity index (χ3v) is 2.58. The molecule has 0 spiro atoms. The van der Waals surface area contributed by atoms with Gasteiger partial charge in [0.2, 0.25) is 0 Å². The summed E-state index contributed by atoms with van der Waals surface area (Å²) in [6.45, 7) is 7.80. The predicted octanol–water partition coefficient (Wildman–Crippen LogP) is 2.85. The minimum atomic E-state index is 0.552. The molecule has 1 saturated heterocycles.